The van der Waals surface area contributed by atoms with Crippen LogP contribution in [0.3, 0.4) is 0 Å². The van der Waals surface area contributed by atoms with Crippen LogP contribution >= 0.6 is 29.9 Å². The molecule has 272 valence electrons. The topological polar surface area (TPSA) is 130 Å². The first-order valence-electron chi connectivity index (χ1n) is 16.0. The molecule has 2 N–H and O–H groups in total. The zero-order chi connectivity index (χ0) is 37.0. The van der Waals surface area contributed by atoms with E-state index in [9.17, 15) is 14.5 Å². The number of hydrogen-bond donors (Lipinski definition) is 2. The molecule has 0 amide bonds. The number of ether oxygens (including phenoxy) is 4. The van der Waals surface area contributed by atoms with Crippen molar-refractivity contribution < 1.29 is 32.9 Å². The third-order valence-electron chi connectivity index (χ3n) is 8.65. The SMILES string of the molecule is COc1ccc(C(OC[C@H]2O[C@@H](n3cc(C)c(=O)[nH]c3=O)C[C@@H]2OP(O)(=S)Oc2ccc(Cl)cc2Cl)(c2ccccc2)c2ccc(OC)cc2)cc1. The van der Waals surface area contributed by atoms with Gasteiger partial charge in [0.2, 0.25) is 0 Å². The van der Waals surface area contributed by atoms with Crippen LogP contribution in [0.1, 0.15) is 34.9 Å². The van der Waals surface area contributed by atoms with E-state index < -0.39 is 42.0 Å². The summed E-state index contributed by atoms with van der Waals surface area (Å²) in [5.41, 5.74) is 0.244. The lowest BCUT2D eigenvalue weighted by atomic mass is 9.80. The van der Waals surface area contributed by atoms with Crippen LogP contribution in [-0.2, 0) is 31.4 Å². The van der Waals surface area contributed by atoms with Crippen LogP contribution in [0.2, 0.25) is 10.0 Å². The molecular formula is C37H35Cl2N2O9PS. The van der Waals surface area contributed by atoms with E-state index in [1.54, 1.807) is 21.1 Å². The number of aromatic nitrogens is 2. The van der Waals surface area contributed by atoms with Crippen molar-refractivity contribution in [2.45, 2.75) is 37.4 Å². The van der Waals surface area contributed by atoms with Crippen molar-refractivity contribution in [1.82, 2.24) is 9.55 Å². The van der Waals surface area contributed by atoms with Gasteiger partial charge < -0.3 is 28.4 Å². The maximum Gasteiger partial charge on any atom is 0.378 e. The van der Waals surface area contributed by atoms with Gasteiger partial charge in [0.15, 0.2) is 0 Å². The third kappa shape index (κ3) is 8.15. The Labute approximate surface area is 314 Å². The molecule has 1 saturated heterocycles. The van der Waals surface area contributed by atoms with Crippen LogP contribution in [0.25, 0.3) is 0 Å². The second kappa shape index (κ2) is 16.0. The quantitative estimate of drug-likeness (QED) is 0.0939. The summed E-state index contributed by atoms with van der Waals surface area (Å²) in [6.45, 7) is -2.60. The Morgan fingerprint density at radius 1 is 0.923 bits per heavy atom. The van der Waals surface area contributed by atoms with Gasteiger partial charge in [-0.2, -0.15) is 0 Å². The first kappa shape index (κ1) is 37.8. The van der Waals surface area contributed by atoms with E-state index in [1.807, 2.05) is 78.9 Å². The van der Waals surface area contributed by atoms with Crippen molar-refractivity contribution in [3.63, 3.8) is 0 Å². The van der Waals surface area contributed by atoms with E-state index in [-0.39, 0.29) is 23.8 Å². The molecular weight excluding hydrogens is 750 g/mol. The lowest BCUT2D eigenvalue weighted by molar-refractivity contribution is -0.0923. The van der Waals surface area contributed by atoms with Gasteiger partial charge in [0.1, 0.15) is 41.3 Å². The molecule has 4 aromatic carbocycles. The van der Waals surface area contributed by atoms with Crippen molar-refractivity contribution in [2.75, 3.05) is 20.8 Å². The zero-order valence-electron chi connectivity index (χ0n) is 28.2. The first-order valence-corrected chi connectivity index (χ1v) is 19.4. The highest BCUT2D eigenvalue weighted by Gasteiger charge is 2.45. The summed E-state index contributed by atoms with van der Waals surface area (Å²) in [6, 6.07) is 29.2. The van der Waals surface area contributed by atoms with Crippen LogP contribution in [0, 0.1) is 6.92 Å². The van der Waals surface area contributed by atoms with Crippen LogP contribution in [-0.4, -0.2) is 47.5 Å². The summed E-state index contributed by atoms with van der Waals surface area (Å²) in [4.78, 5) is 38.8. The minimum absolute atomic E-state index is 0.0412. The second-order valence-electron chi connectivity index (χ2n) is 11.9. The normalized spacial score (nSPS) is 18.5. The molecule has 1 aliphatic rings. The minimum Gasteiger partial charge on any atom is -0.497 e. The average Bonchev–Trinajstić information content (AvgIpc) is 3.53. The molecule has 2 heterocycles. The molecule has 0 bridgehead atoms. The highest BCUT2D eigenvalue weighted by atomic mass is 35.5. The molecule has 11 nitrogen and oxygen atoms in total. The van der Waals surface area contributed by atoms with Crippen molar-refractivity contribution in [2.24, 2.45) is 0 Å². The summed E-state index contributed by atoms with van der Waals surface area (Å²) >= 11 is 17.8. The van der Waals surface area contributed by atoms with Gasteiger partial charge in [0.25, 0.3) is 5.56 Å². The first-order chi connectivity index (χ1) is 24.9. The molecule has 52 heavy (non-hydrogen) atoms. The van der Waals surface area contributed by atoms with E-state index in [0.29, 0.717) is 22.1 Å². The predicted octanol–water partition coefficient (Wildman–Crippen LogP) is 7.15. The summed E-state index contributed by atoms with van der Waals surface area (Å²) in [5, 5.41) is 0.493. The number of aromatic amines is 1. The number of benzene rings is 4. The fraction of sp³-hybridized carbons (Fsp3) is 0.243. The maximum absolute atomic E-state index is 13.0. The number of halogens is 2. The fourth-order valence-electron chi connectivity index (χ4n) is 6.08. The lowest BCUT2D eigenvalue weighted by Gasteiger charge is -2.37. The van der Waals surface area contributed by atoms with E-state index in [1.165, 1.54) is 29.0 Å². The summed E-state index contributed by atoms with van der Waals surface area (Å²) in [6.07, 6.45) is -1.34. The summed E-state index contributed by atoms with van der Waals surface area (Å²) in [5.74, 6) is 1.40. The Kier molecular flexibility index (Phi) is 11.6. The van der Waals surface area contributed by atoms with Crippen LogP contribution in [0.5, 0.6) is 17.2 Å². The van der Waals surface area contributed by atoms with Gasteiger partial charge >= 0.3 is 12.4 Å². The van der Waals surface area contributed by atoms with Crippen LogP contribution in [0.4, 0.5) is 0 Å². The van der Waals surface area contributed by atoms with E-state index in [0.717, 1.165) is 16.7 Å². The molecule has 1 aliphatic heterocycles. The average molecular weight is 786 g/mol. The third-order valence-corrected chi connectivity index (χ3v) is 10.6. The Morgan fingerprint density at radius 2 is 1.52 bits per heavy atom. The molecule has 15 heteroatoms. The van der Waals surface area contributed by atoms with Gasteiger partial charge in [-0.3, -0.25) is 18.9 Å². The Bertz CT molecular complexity index is 2140. The molecule has 6 rings (SSSR count). The number of methoxy groups -OCH3 is 2. The van der Waals surface area contributed by atoms with Crippen molar-refractivity contribution >= 4 is 41.7 Å². The molecule has 1 unspecified atom stereocenters. The number of H-pyrrole nitrogens is 1. The van der Waals surface area contributed by atoms with Gasteiger partial charge in [-0.1, -0.05) is 77.8 Å². The summed E-state index contributed by atoms with van der Waals surface area (Å²) < 4.78 is 37.6. The molecule has 4 atom stereocenters. The molecule has 0 spiro atoms. The van der Waals surface area contributed by atoms with Gasteiger partial charge in [-0.05, 0) is 66.1 Å². The molecule has 1 aromatic heterocycles. The highest BCUT2D eigenvalue weighted by Crippen LogP contribution is 2.51. The molecule has 5 aromatic rings. The van der Waals surface area contributed by atoms with Gasteiger partial charge in [-0.25, -0.2) is 4.79 Å². The number of nitrogens with zero attached hydrogens (tertiary/aromatic N) is 1. The highest BCUT2D eigenvalue weighted by molar-refractivity contribution is 8.07. The van der Waals surface area contributed by atoms with Gasteiger partial charge in [0.05, 0.1) is 25.8 Å². The summed E-state index contributed by atoms with van der Waals surface area (Å²) in [7, 11) is 3.19. The Morgan fingerprint density at radius 3 is 2.10 bits per heavy atom. The Balaban J connectivity index is 1.41. The van der Waals surface area contributed by atoms with Crippen LogP contribution in [0.15, 0.2) is 113 Å². The van der Waals surface area contributed by atoms with Gasteiger partial charge in [0, 0.05) is 35.0 Å². The number of aryl methyl sites for hydroxylation is 1. The van der Waals surface area contributed by atoms with E-state index in [4.69, 9.17) is 63.0 Å². The van der Waals surface area contributed by atoms with E-state index in [2.05, 4.69) is 4.98 Å². The number of rotatable bonds is 13. The lowest BCUT2D eigenvalue weighted by Crippen LogP contribution is -2.38. The molecule has 0 aliphatic carbocycles. The molecule has 0 saturated carbocycles. The van der Waals surface area contributed by atoms with Crippen molar-refractivity contribution in [3.8, 4) is 17.2 Å². The zero-order valence-corrected chi connectivity index (χ0v) is 31.5. The molecule has 1 fully saturated rings. The minimum atomic E-state index is -4.05. The van der Waals surface area contributed by atoms with E-state index >= 15 is 0 Å². The van der Waals surface area contributed by atoms with Crippen molar-refractivity contribution in [3.05, 3.63) is 156 Å². The Hall–Kier alpha value is -3.97. The maximum atomic E-state index is 13.0. The number of hydrogen-bond acceptors (Lipinski definition) is 9. The van der Waals surface area contributed by atoms with Crippen LogP contribution < -0.4 is 25.2 Å². The monoisotopic (exact) mass is 784 g/mol. The second-order valence-corrected chi connectivity index (χ2v) is 15.5. The largest absolute Gasteiger partial charge is 0.497 e. The van der Waals surface area contributed by atoms with Crippen molar-refractivity contribution in [1.29, 1.82) is 0 Å². The molecule has 0 radical (unpaired) electrons. The number of nitrogens with one attached hydrogen (secondary N) is 1. The fourth-order valence-corrected chi connectivity index (χ4v) is 8.17. The predicted molar refractivity (Wildman–Crippen MR) is 201 cm³/mol. The van der Waals surface area contributed by atoms with Gasteiger partial charge in [-0.15, -0.1) is 0 Å². The smallest absolute Gasteiger partial charge is 0.378 e. The standard InChI is InChI=1S/C37H35Cl2N2O9PS/c1-23-21-41(36(43)40-35(23)42)34-20-32(50-51(44,52)49-31-18-13-27(38)19-30(31)39)33(48-34)22-47-37(24-7-5-4-6-8-24,25-9-14-28(45-2)15-10-25)26-11-16-29(46-3)17-12-26/h4-19,21,32-34H,20,22H2,1-3H3,(H,44,52)(H,40,42,43)/t32-,33+,34+,51?/m0/s1.